The Labute approximate surface area is 92.0 Å². The highest BCUT2D eigenvalue weighted by Crippen LogP contribution is 1.84. The maximum atomic E-state index is 8.48. The largest absolute Gasteiger partial charge is 0.395 e. The third kappa shape index (κ3) is 16.5. The average Bonchev–Trinajstić information content (AvgIpc) is 2.20. The van der Waals surface area contributed by atoms with Crippen molar-refractivity contribution in [2.75, 3.05) is 39.5 Å². The SMILES string of the molecule is CCC(C)O.OCCN(CCO)CCO. The molecule has 4 N–H and O–H groups in total. The molecule has 5 heteroatoms. The molecule has 15 heavy (non-hydrogen) atoms. The van der Waals surface area contributed by atoms with Crippen molar-refractivity contribution in [2.45, 2.75) is 26.4 Å². The Morgan fingerprint density at radius 2 is 1.20 bits per heavy atom. The number of hydrogen-bond donors (Lipinski definition) is 4. The van der Waals surface area contributed by atoms with Crippen LogP contribution < -0.4 is 0 Å². The molecule has 0 saturated heterocycles. The Hall–Kier alpha value is -0.200. The smallest absolute Gasteiger partial charge is 0.0558 e. The molecule has 0 radical (unpaired) electrons. The zero-order valence-corrected chi connectivity index (χ0v) is 9.76. The van der Waals surface area contributed by atoms with Gasteiger partial charge in [0, 0.05) is 19.6 Å². The lowest BCUT2D eigenvalue weighted by molar-refractivity contribution is 0.136. The second kappa shape index (κ2) is 13.8. The first-order valence-corrected chi connectivity index (χ1v) is 5.35. The van der Waals surface area contributed by atoms with Crippen molar-refractivity contribution in [3.8, 4) is 0 Å². The summed E-state index contributed by atoms with van der Waals surface area (Å²) in [6, 6.07) is 0. The molecule has 0 aliphatic carbocycles. The fraction of sp³-hybridized carbons (Fsp3) is 1.00. The van der Waals surface area contributed by atoms with Crippen molar-refractivity contribution in [3.63, 3.8) is 0 Å². The predicted molar refractivity (Wildman–Crippen MR) is 59.7 cm³/mol. The van der Waals surface area contributed by atoms with Crippen molar-refractivity contribution in [2.24, 2.45) is 0 Å². The van der Waals surface area contributed by atoms with E-state index in [2.05, 4.69) is 0 Å². The van der Waals surface area contributed by atoms with E-state index in [4.69, 9.17) is 20.4 Å². The molecule has 0 aromatic heterocycles. The molecule has 0 fully saturated rings. The molecule has 1 atom stereocenters. The normalized spacial score (nSPS) is 12.2. The molecule has 94 valence electrons. The molecule has 0 amide bonds. The Balaban J connectivity index is 0. The van der Waals surface area contributed by atoms with Crippen LogP contribution in [0.5, 0.6) is 0 Å². The van der Waals surface area contributed by atoms with Crippen LogP contribution in [0.25, 0.3) is 0 Å². The fourth-order valence-corrected chi connectivity index (χ4v) is 0.760. The van der Waals surface area contributed by atoms with Crippen LogP contribution in [0.3, 0.4) is 0 Å². The van der Waals surface area contributed by atoms with Crippen molar-refractivity contribution in [1.82, 2.24) is 4.90 Å². The molecule has 0 heterocycles. The molecule has 1 unspecified atom stereocenters. The first-order chi connectivity index (χ1) is 7.12. The third-order valence-corrected chi connectivity index (χ3v) is 1.84. The van der Waals surface area contributed by atoms with Gasteiger partial charge < -0.3 is 20.4 Å². The van der Waals surface area contributed by atoms with E-state index >= 15 is 0 Å². The number of hydrogen-bond acceptors (Lipinski definition) is 5. The van der Waals surface area contributed by atoms with Gasteiger partial charge in [-0.3, -0.25) is 4.90 Å². The summed E-state index contributed by atoms with van der Waals surface area (Å²) in [6.07, 6.45) is 0.745. The Bertz CT molecular complexity index is 97.3. The monoisotopic (exact) mass is 223 g/mol. The highest BCUT2D eigenvalue weighted by atomic mass is 16.3. The van der Waals surface area contributed by atoms with Gasteiger partial charge in [-0.25, -0.2) is 0 Å². The molecule has 0 aliphatic heterocycles. The topological polar surface area (TPSA) is 84.2 Å². The third-order valence-electron chi connectivity index (χ3n) is 1.84. The summed E-state index contributed by atoms with van der Waals surface area (Å²) >= 11 is 0. The van der Waals surface area contributed by atoms with Gasteiger partial charge in [-0.05, 0) is 13.3 Å². The van der Waals surface area contributed by atoms with Gasteiger partial charge in [-0.15, -0.1) is 0 Å². The highest BCUT2D eigenvalue weighted by molar-refractivity contribution is 4.54. The molecule has 0 aromatic carbocycles. The summed E-state index contributed by atoms with van der Waals surface area (Å²) in [5.74, 6) is 0. The fourth-order valence-electron chi connectivity index (χ4n) is 0.760. The van der Waals surface area contributed by atoms with E-state index < -0.39 is 0 Å². The van der Waals surface area contributed by atoms with Crippen molar-refractivity contribution >= 4 is 0 Å². The summed E-state index contributed by atoms with van der Waals surface area (Å²) in [7, 11) is 0. The van der Waals surface area contributed by atoms with E-state index in [1.807, 2.05) is 6.92 Å². The van der Waals surface area contributed by atoms with Crippen LogP contribution in [-0.4, -0.2) is 70.9 Å². The summed E-state index contributed by atoms with van der Waals surface area (Å²) < 4.78 is 0. The van der Waals surface area contributed by atoms with E-state index in [-0.39, 0.29) is 25.9 Å². The lowest BCUT2D eigenvalue weighted by Crippen LogP contribution is -2.32. The van der Waals surface area contributed by atoms with Gasteiger partial charge in [0.1, 0.15) is 0 Å². The summed E-state index contributed by atoms with van der Waals surface area (Å²) in [4.78, 5) is 1.79. The van der Waals surface area contributed by atoms with E-state index in [1.54, 1.807) is 11.8 Å². The van der Waals surface area contributed by atoms with Gasteiger partial charge in [0.05, 0.1) is 25.9 Å². The molecule has 0 aromatic rings. The molecule has 0 spiro atoms. The van der Waals surface area contributed by atoms with Crippen LogP contribution in [0.15, 0.2) is 0 Å². The molecule has 0 aliphatic rings. The van der Waals surface area contributed by atoms with Gasteiger partial charge in [0.2, 0.25) is 0 Å². The molecule has 0 saturated carbocycles. The second-order valence-electron chi connectivity index (χ2n) is 3.27. The first-order valence-electron chi connectivity index (χ1n) is 5.35. The van der Waals surface area contributed by atoms with Crippen LogP contribution in [0.2, 0.25) is 0 Å². The molecule has 5 nitrogen and oxygen atoms in total. The highest BCUT2D eigenvalue weighted by Gasteiger charge is 2.00. The maximum Gasteiger partial charge on any atom is 0.0558 e. The molecule has 0 bridgehead atoms. The Kier molecular flexibility index (Phi) is 15.8. The maximum absolute atomic E-state index is 8.48. The van der Waals surface area contributed by atoms with Gasteiger partial charge in [0.15, 0.2) is 0 Å². The number of aliphatic hydroxyl groups is 4. The quantitative estimate of drug-likeness (QED) is 0.447. The lowest BCUT2D eigenvalue weighted by Gasteiger charge is -2.17. The minimum absolute atomic E-state index is 0.0694. The molecular weight excluding hydrogens is 198 g/mol. The summed E-state index contributed by atoms with van der Waals surface area (Å²) in [5.41, 5.74) is 0. The van der Waals surface area contributed by atoms with Gasteiger partial charge in [-0.1, -0.05) is 6.92 Å². The van der Waals surface area contributed by atoms with Crippen LogP contribution in [0.4, 0.5) is 0 Å². The summed E-state index contributed by atoms with van der Waals surface area (Å²) in [5, 5.41) is 33.8. The standard InChI is InChI=1S/C6H15NO3.C4H10O/c8-4-1-7(2-5-9)3-6-10;1-3-4(2)5/h8-10H,1-6H2;4-5H,3H2,1-2H3. The zero-order chi connectivity index (χ0) is 12.1. The minimum Gasteiger partial charge on any atom is -0.395 e. The number of aliphatic hydroxyl groups excluding tert-OH is 4. The Morgan fingerprint density at radius 3 is 1.33 bits per heavy atom. The van der Waals surface area contributed by atoms with E-state index in [1.165, 1.54) is 0 Å². The van der Waals surface area contributed by atoms with Crippen molar-refractivity contribution in [1.29, 1.82) is 0 Å². The number of rotatable bonds is 7. The number of nitrogens with zero attached hydrogens (tertiary/aromatic N) is 1. The van der Waals surface area contributed by atoms with Gasteiger partial charge in [0.25, 0.3) is 0 Å². The van der Waals surface area contributed by atoms with E-state index in [0.29, 0.717) is 19.6 Å². The van der Waals surface area contributed by atoms with Crippen LogP contribution >= 0.6 is 0 Å². The lowest BCUT2D eigenvalue weighted by atomic mass is 10.3. The zero-order valence-electron chi connectivity index (χ0n) is 9.76. The van der Waals surface area contributed by atoms with E-state index in [0.717, 1.165) is 6.42 Å². The molecule has 0 rings (SSSR count). The summed E-state index contributed by atoms with van der Waals surface area (Å²) in [6.45, 7) is 5.48. The van der Waals surface area contributed by atoms with Crippen molar-refractivity contribution in [3.05, 3.63) is 0 Å². The molecular formula is C10H25NO4. The Morgan fingerprint density at radius 1 is 0.933 bits per heavy atom. The van der Waals surface area contributed by atoms with Gasteiger partial charge in [-0.2, -0.15) is 0 Å². The average molecular weight is 223 g/mol. The van der Waals surface area contributed by atoms with Crippen molar-refractivity contribution < 1.29 is 20.4 Å². The van der Waals surface area contributed by atoms with Crippen LogP contribution in [0, 0.1) is 0 Å². The van der Waals surface area contributed by atoms with Crippen LogP contribution in [0.1, 0.15) is 20.3 Å². The van der Waals surface area contributed by atoms with Gasteiger partial charge >= 0.3 is 0 Å². The predicted octanol–water partition coefficient (Wildman–Crippen LogP) is -0.958. The first kappa shape index (κ1) is 17.2. The van der Waals surface area contributed by atoms with E-state index in [9.17, 15) is 0 Å². The minimum atomic E-state index is -0.116. The second-order valence-corrected chi connectivity index (χ2v) is 3.27. The van der Waals surface area contributed by atoms with Crippen LogP contribution in [-0.2, 0) is 0 Å².